The minimum absolute atomic E-state index is 0.196. The fraction of sp³-hybridized carbons (Fsp3) is 0.250. The second-order valence-corrected chi connectivity index (χ2v) is 6.08. The number of aliphatic imine (C=N–C) groups is 1. The molecular formula is C20H22N4O. The van der Waals surface area contributed by atoms with Crippen LogP contribution in [0.1, 0.15) is 19.4 Å². The number of amides is 1. The van der Waals surface area contributed by atoms with Crippen LogP contribution in [-0.2, 0) is 4.79 Å². The molecule has 0 unspecified atom stereocenters. The summed E-state index contributed by atoms with van der Waals surface area (Å²) < 4.78 is 0. The summed E-state index contributed by atoms with van der Waals surface area (Å²) in [4.78, 5) is 19.5. The molecule has 0 bridgehead atoms. The number of anilines is 2. The van der Waals surface area contributed by atoms with Crippen molar-refractivity contribution in [3.05, 3.63) is 54.1 Å². The topological polar surface area (TPSA) is 48.3 Å². The molecule has 2 aromatic carbocycles. The third-order valence-electron chi connectivity index (χ3n) is 4.32. The number of carbonyl (C=O) groups is 1. The SMILES string of the molecule is CCN(C)c1ccc(N=C2C(=O)N(c3ccccc3)N=C2C)c(C)c1. The summed E-state index contributed by atoms with van der Waals surface area (Å²) in [5, 5.41) is 5.77. The van der Waals surface area contributed by atoms with Crippen LogP contribution in [0.2, 0.25) is 0 Å². The highest BCUT2D eigenvalue weighted by Gasteiger charge is 2.30. The highest BCUT2D eigenvalue weighted by molar-refractivity contribution is 6.71. The van der Waals surface area contributed by atoms with E-state index in [9.17, 15) is 4.79 Å². The molecule has 5 heteroatoms. The van der Waals surface area contributed by atoms with Gasteiger partial charge in [-0.3, -0.25) is 4.79 Å². The van der Waals surface area contributed by atoms with Gasteiger partial charge in [-0.05, 0) is 56.7 Å². The van der Waals surface area contributed by atoms with Crippen LogP contribution in [0.25, 0.3) is 0 Å². The predicted molar refractivity (Wildman–Crippen MR) is 104 cm³/mol. The van der Waals surface area contributed by atoms with Crippen LogP contribution in [0.5, 0.6) is 0 Å². The third-order valence-corrected chi connectivity index (χ3v) is 4.32. The zero-order valence-electron chi connectivity index (χ0n) is 15.0. The maximum absolute atomic E-state index is 12.7. The first kappa shape index (κ1) is 16.9. The Bertz CT molecular complexity index is 855. The fourth-order valence-electron chi connectivity index (χ4n) is 2.68. The lowest BCUT2D eigenvalue weighted by molar-refractivity contribution is -0.112. The maximum atomic E-state index is 12.7. The van der Waals surface area contributed by atoms with Crippen LogP contribution in [0.4, 0.5) is 17.1 Å². The second-order valence-electron chi connectivity index (χ2n) is 6.08. The van der Waals surface area contributed by atoms with Gasteiger partial charge >= 0.3 is 0 Å². The van der Waals surface area contributed by atoms with Gasteiger partial charge in [0.2, 0.25) is 0 Å². The summed E-state index contributed by atoms with van der Waals surface area (Å²) in [5.41, 5.74) is 4.73. The summed E-state index contributed by atoms with van der Waals surface area (Å²) >= 11 is 0. The molecule has 0 aromatic heterocycles. The van der Waals surface area contributed by atoms with Gasteiger partial charge in [-0.25, -0.2) is 4.99 Å². The molecule has 0 spiro atoms. The van der Waals surface area contributed by atoms with Crippen molar-refractivity contribution >= 4 is 34.4 Å². The minimum Gasteiger partial charge on any atom is -0.375 e. The van der Waals surface area contributed by atoms with Crippen molar-refractivity contribution in [1.82, 2.24) is 0 Å². The molecule has 0 saturated carbocycles. The Kier molecular flexibility index (Phi) is 4.65. The van der Waals surface area contributed by atoms with E-state index in [1.165, 1.54) is 5.01 Å². The van der Waals surface area contributed by atoms with Crippen LogP contribution < -0.4 is 9.91 Å². The number of para-hydroxylation sites is 1. The lowest BCUT2D eigenvalue weighted by atomic mass is 10.1. The first-order chi connectivity index (χ1) is 12.0. The second kappa shape index (κ2) is 6.89. The van der Waals surface area contributed by atoms with Gasteiger partial charge in [-0.15, -0.1) is 0 Å². The van der Waals surface area contributed by atoms with E-state index in [-0.39, 0.29) is 5.91 Å². The molecule has 25 heavy (non-hydrogen) atoms. The molecule has 0 aliphatic carbocycles. The first-order valence-electron chi connectivity index (χ1n) is 8.37. The number of carbonyl (C=O) groups excluding carboxylic acids is 1. The average Bonchev–Trinajstić information content (AvgIpc) is 2.91. The van der Waals surface area contributed by atoms with Gasteiger partial charge in [0, 0.05) is 19.3 Å². The average molecular weight is 334 g/mol. The molecule has 0 fully saturated rings. The number of aryl methyl sites for hydroxylation is 1. The quantitative estimate of drug-likeness (QED) is 0.850. The zero-order valence-corrected chi connectivity index (χ0v) is 15.0. The van der Waals surface area contributed by atoms with E-state index in [2.05, 4.69) is 35.0 Å². The zero-order chi connectivity index (χ0) is 18.0. The number of hydrazone groups is 1. The Hall–Kier alpha value is -2.95. The molecule has 1 aliphatic rings. The minimum atomic E-state index is -0.196. The predicted octanol–water partition coefficient (Wildman–Crippen LogP) is 3.95. The van der Waals surface area contributed by atoms with E-state index in [0.717, 1.165) is 29.2 Å². The van der Waals surface area contributed by atoms with Crippen molar-refractivity contribution in [2.45, 2.75) is 20.8 Å². The summed E-state index contributed by atoms with van der Waals surface area (Å²) in [5.74, 6) is -0.196. The van der Waals surface area contributed by atoms with Crippen molar-refractivity contribution < 1.29 is 4.79 Å². The van der Waals surface area contributed by atoms with E-state index >= 15 is 0 Å². The van der Waals surface area contributed by atoms with Crippen molar-refractivity contribution in [2.24, 2.45) is 10.1 Å². The number of benzene rings is 2. The molecule has 3 rings (SSSR count). The highest BCUT2D eigenvalue weighted by Crippen LogP contribution is 2.26. The van der Waals surface area contributed by atoms with E-state index in [1.807, 2.05) is 56.3 Å². The Morgan fingerprint density at radius 1 is 1.12 bits per heavy atom. The van der Waals surface area contributed by atoms with Crippen molar-refractivity contribution in [3.8, 4) is 0 Å². The van der Waals surface area contributed by atoms with Crippen molar-refractivity contribution in [3.63, 3.8) is 0 Å². The Labute approximate surface area is 148 Å². The van der Waals surface area contributed by atoms with Crippen LogP contribution >= 0.6 is 0 Å². The fourth-order valence-corrected chi connectivity index (χ4v) is 2.68. The largest absolute Gasteiger partial charge is 0.375 e. The molecule has 0 radical (unpaired) electrons. The lowest BCUT2D eigenvalue weighted by Gasteiger charge is -2.17. The van der Waals surface area contributed by atoms with Crippen LogP contribution in [0.3, 0.4) is 0 Å². The smallest absolute Gasteiger partial charge is 0.299 e. The molecule has 0 atom stereocenters. The number of hydrogen-bond acceptors (Lipinski definition) is 4. The van der Waals surface area contributed by atoms with E-state index < -0.39 is 0 Å². The lowest BCUT2D eigenvalue weighted by Crippen LogP contribution is -2.27. The number of nitrogens with zero attached hydrogens (tertiary/aromatic N) is 4. The van der Waals surface area contributed by atoms with Crippen LogP contribution in [0.15, 0.2) is 58.6 Å². The molecule has 0 N–H and O–H groups in total. The molecular weight excluding hydrogens is 312 g/mol. The Morgan fingerprint density at radius 3 is 2.48 bits per heavy atom. The first-order valence-corrected chi connectivity index (χ1v) is 8.37. The summed E-state index contributed by atoms with van der Waals surface area (Å²) in [6, 6.07) is 15.5. The molecule has 128 valence electrons. The van der Waals surface area contributed by atoms with Gasteiger partial charge in [0.05, 0.1) is 17.1 Å². The number of hydrogen-bond donors (Lipinski definition) is 0. The molecule has 1 heterocycles. The van der Waals surface area contributed by atoms with Gasteiger partial charge in [0.15, 0.2) is 5.71 Å². The molecule has 5 nitrogen and oxygen atoms in total. The van der Waals surface area contributed by atoms with E-state index in [4.69, 9.17) is 0 Å². The standard InChI is InChI=1S/C20H22N4O/c1-5-23(4)17-11-12-18(14(2)13-17)21-19-15(3)22-24(20(19)25)16-9-7-6-8-10-16/h6-13H,5H2,1-4H3. The Morgan fingerprint density at radius 2 is 1.84 bits per heavy atom. The third kappa shape index (κ3) is 3.31. The molecule has 1 aliphatic heterocycles. The van der Waals surface area contributed by atoms with E-state index in [0.29, 0.717) is 11.4 Å². The van der Waals surface area contributed by atoms with Gasteiger partial charge in [-0.1, -0.05) is 18.2 Å². The monoisotopic (exact) mass is 334 g/mol. The van der Waals surface area contributed by atoms with Gasteiger partial charge in [0.1, 0.15) is 0 Å². The summed E-state index contributed by atoms with van der Waals surface area (Å²) in [6.07, 6.45) is 0. The van der Waals surface area contributed by atoms with Gasteiger partial charge in [0.25, 0.3) is 5.91 Å². The molecule has 1 amide bonds. The van der Waals surface area contributed by atoms with Crippen LogP contribution in [-0.4, -0.2) is 30.9 Å². The molecule has 2 aromatic rings. The van der Waals surface area contributed by atoms with Gasteiger partial charge < -0.3 is 4.90 Å². The highest BCUT2D eigenvalue weighted by atomic mass is 16.2. The number of rotatable bonds is 4. The molecule has 0 saturated heterocycles. The van der Waals surface area contributed by atoms with Crippen molar-refractivity contribution in [2.75, 3.05) is 23.5 Å². The summed E-state index contributed by atoms with van der Waals surface area (Å²) in [7, 11) is 2.05. The van der Waals surface area contributed by atoms with E-state index in [1.54, 1.807) is 0 Å². The van der Waals surface area contributed by atoms with Crippen LogP contribution in [0, 0.1) is 6.92 Å². The Balaban J connectivity index is 1.92. The maximum Gasteiger partial charge on any atom is 0.299 e. The normalized spacial score (nSPS) is 15.7. The summed E-state index contributed by atoms with van der Waals surface area (Å²) in [6.45, 7) is 6.86. The van der Waals surface area contributed by atoms with Gasteiger partial charge in [-0.2, -0.15) is 10.1 Å². The van der Waals surface area contributed by atoms with Crippen molar-refractivity contribution in [1.29, 1.82) is 0 Å².